The number of rotatable bonds is 8. The number of amides is 1. The van der Waals surface area contributed by atoms with Crippen molar-refractivity contribution in [2.75, 3.05) is 19.0 Å². The zero-order valence-electron chi connectivity index (χ0n) is 19.0. The molecule has 0 aliphatic rings. The van der Waals surface area contributed by atoms with Crippen LogP contribution in [0.5, 0.6) is 11.5 Å². The molecule has 10 nitrogen and oxygen atoms in total. The van der Waals surface area contributed by atoms with Crippen molar-refractivity contribution >= 4 is 28.4 Å². The molecule has 13 heteroatoms. The van der Waals surface area contributed by atoms with Crippen LogP contribution in [0, 0.1) is 0 Å². The predicted molar refractivity (Wildman–Crippen MR) is 122 cm³/mol. The molecule has 2 heterocycles. The number of nitrogens with zero attached hydrogens (tertiary/aromatic N) is 4. The van der Waals surface area contributed by atoms with Gasteiger partial charge >= 0.3 is 6.18 Å². The Kier molecular flexibility index (Phi) is 6.49. The number of aromatic nitrogens is 5. The summed E-state index contributed by atoms with van der Waals surface area (Å²) in [6.07, 6.45) is -2.82. The number of ether oxygens (including phenoxy) is 2. The van der Waals surface area contributed by atoms with Crippen LogP contribution in [0.2, 0.25) is 0 Å². The zero-order valence-corrected chi connectivity index (χ0v) is 19.0. The van der Waals surface area contributed by atoms with Crippen molar-refractivity contribution in [3.8, 4) is 22.9 Å². The number of alkyl halides is 3. The number of methoxy groups -OCH3 is 1. The van der Waals surface area contributed by atoms with Gasteiger partial charge in [-0.2, -0.15) is 23.3 Å². The summed E-state index contributed by atoms with van der Waals surface area (Å²) < 4.78 is 50.1. The molecule has 0 saturated heterocycles. The van der Waals surface area contributed by atoms with Crippen LogP contribution in [-0.4, -0.2) is 56.8 Å². The van der Waals surface area contributed by atoms with Crippen LogP contribution in [0.25, 0.3) is 22.3 Å². The Balaban J connectivity index is 1.46. The lowest BCUT2D eigenvalue weighted by Gasteiger charge is -2.17. The Hall–Kier alpha value is -4.29. The van der Waals surface area contributed by atoms with E-state index in [1.165, 1.54) is 13.2 Å². The van der Waals surface area contributed by atoms with Crippen LogP contribution in [0.3, 0.4) is 0 Å². The smallest absolute Gasteiger partial charge is 0.408 e. The minimum absolute atomic E-state index is 0.189. The number of fused-ring (bicyclic) bond motifs is 1. The number of H-pyrrole nitrogens is 1. The molecule has 1 atom stereocenters. The van der Waals surface area contributed by atoms with Crippen molar-refractivity contribution in [2.45, 2.75) is 19.1 Å². The summed E-state index contributed by atoms with van der Waals surface area (Å²) in [5, 5.41) is 17.3. The van der Waals surface area contributed by atoms with Gasteiger partial charge in [0, 0.05) is 23.7 Å². The first kappa shape index (κ1) is 23.9. The van der Waals surface area contributed by atoms with E-state index in [2.05, 4.69) is 25.6 Å². The summed E-state index contributed by atoms with van der Waals surface area (Å²) in [6.45, 7) is 0.249. The summed E-state index contributed by atoms with van der Waals surface area (Å²) >= 11 is 0. The normalized spacial score (nSPS) is 12.4. The second kappa shape index (κ2) is 9.52. The molecular formula is C22H22F3N7O3. The van der Waals surface area contributed by atoms with E-state index in [0.717, 1.165) is 23.5 Å². The van der Waals surface area contributed by atoms with Crippen molar-refractivity contribution in [3.05, 3.63) is 42.6 Å². The maximum atomic E-state index is 12.6. The highest BCUT2D eigenvalue weighted by Gasteiger charge is 2.37. The zero-order chi connectivity index (χ0) is 25.2. The average molecular weight is 489 g/mol. The minimum atomic E-state index is -4.54. The van der Waals surface area contributed by atoms with Gasteiger partial charge in [-0.25, -0.2) is 4.68 Å². The molecule has 1 unspecified atom stereocenters. The third-order valence-corrected chi connectivity index (χ3v) is 5.11. The van der Waals surface area contributed by atoms with Gasteiger partial charge in [0.2, 0.25) is 5.95 Å². The summed E-state index contributed by atoms with van der Waals surface area (Å²) in [5.41, 5.74) is 2.33. The Morgan fingerprint density at radius 2 is 2.00 bits per heavy atom. The number of hydrogen-bond acceptors (Lipinski definition) is 7. The number of benzene rings is 2. The minimum Gasteiger partial charge on any atom is -0.493 e. The van der Waals surface area contributed by atoms with E-state index in [0.29, 0.717) is 17.3 Å². The lowest BCUT2D eigenvalue weighted by molar-refractivity contribution is -0.158. The first-order valence-electron chi connectivity index (χ1n) is 10.4. The molecule has 184 valence electrons. The highest BCUT2D eigenvalue weighted by molar-refractivity contribution is 5.82. The molecule has 0 bridgehead atoms. The molecule has 0 radical (unpaired) electrons. The van der Waals surface area contributed by atoms with Crippen LogP contribution in [0.15, 0.2) is 42.6 Å². The number of anilines is 2. The van der Waals surface area contributed by atoms with Gasteiger partial charge in [-0.05, 0) is 43.3 Å². The molecule has 35 heavy (non-hydrogen) atoms. The summed E-state index contributed by atoms with van der Waals surface area (Å²) in [7, 11) is 3.15. The van der Waals surface area contributed by atoms with Crippen molar-refractivity contribution in [3.63, 3.8) is 0 Å². The number of carbonyl (C=O) groups excluding carboxylic acids is 1. The van der Waals surface area contributed by atoms with Gasteiger partial charge in [0.15, 0.2) is 23.9 Å². The molecule has 3 N–H and O–H groups in total. The van der Waals surface area contributed by atoms with Gasteiger partial charge < -0.3 is 20.1 Å². The van der Waals surface area contributed by atoms with E-state index in [4.69, 9.17) is 9.47 Å². The van der Waals surface area contributed by atoms with E-state index in [1.54, 1.807) is 30.1 Å². The van der Waals surface area contributed by atoms with Gasteiger partial charge in [0.1, 0.15) is 6.04 Å². The topological polar surface area (TPSA) is 119 Å². The molecule has 0 spiro atoms. The van der Waals surface area contributed by atoms with Gasteiger partial charge in [0.25, 0.3) is 5.91 Å². The van der Waals surface area contributed by atoms with Gasteiger partial charge in [-0.3, -0.25) is 9.89 Å². The molecule has 1 amide bonds. The number of hydrogen-bond donors (Lipinski definition) is 3. The Morgan fingerprint density at radius 3 is 2.74 bits per heavy atom. The molecule has 4 rings (SSSR count). The monoisotopic (exact) mass is 489 g/mol. The number of nitrogens with one attached hydrogen (secondary N) is 3. The second-order valence-corrected chi connectivity index (χ2v) is 7.66. The first-order chi connectivity index (χ1) is 16.6. The molecular weight excluding hydrogens is 467 g/mol. The predicted octanol–water partition coefficient (Wildman–Crippen LogP) is 3.56. The Labute approximate surface area is 197 Å². The third kappa shape index (κ3) is 5.45. The van der Waals surface area contributed by atoms with Crippen molar-refractivity contribution in [1.29, 1.82) is 0 Å². The Bertz CT molecular complexity index is 1350. The largest absolute Gasteiger partial charge is 0.493 e. The summed E-state index contributed by atoms with van der Waals surface area (Å²) in [5.74, 6) is 0.454. The van der Waals surface area contributed by atoms with E-state index in [-0.39, 0.29) is 11.5 Å². The fraction of sp³-hybridized carbons (Fsp3) is 0.273. The van der Waals surface area contributed by atoms with Crippen LogP contribution in [-0.2, 0) is 11.8 Å². The van der Waals surface area contributed by atoms with Gasteiger partial charge in [0.05, 0.1) is 18.8 Å². The highest BCUT2D eigenvalue weighted by Crippen LogP contribution is 2.32. The number of aryl methyl sites for hydroxylation is 1. The maximum absolute atomic E-state index is 12.6. The molecule has 0 aliphatic carbocycles. The first-order valence-corrected chi connectivity index (χ1v) is 10.4. The highest BCUT2D eigenvalue weighted by atomic mass is 19.4. The standard InChI is InChI=1S/C22H22F3N7O3/c1-12(22(23,24)25)27-19(33)11-35-17-7-4-13(9-18(17)34-3)20-29-21(32(2)31-20)28-15-5-6-16-14(8-15)10-26-30-16/h4-10,12H,11H2,1-3H3,(H,26,30)(H,27,33)(H,28,29,31). The van der Waals surface area contributed by atoms with Crippen LogP contribution >= 0.6 is 0 Å². The molecule has 2 aromatic heterocycles. The van der Waals surface area contributed by atoms with Crippen molar-refractivity contribution < 1.29 is 27.4 Å². The fourth-order valence-corrected chi connectivity index (χ4v) is 3.20. The van der Waals surface area contributed by atoms with Gasteiger partial charge in [-0.1, -0.05) is 0 Å². The quantitative estimate of drug-likeness (QED) is 0.346. The van der Waals surface area contributed by atoms with E-state index in [9.17, 15) is 18.0 Å². The maximum Gasteiger partial charge on any atom is 0.408 e. The lowest BCUT2D eigenvalue weighted by Crippen LogP contribution is -2.44. The van der Waals surface area contributed by atoms with Crippen molar-refractivity contribution in [2.24, 2.45) is 7.05 Å². The molecule has 2 aromatic carbocycles. The summed E-state index contributed by atoms with van der Waals surface area (Å²) in [4.78, 5) is 16.3. The van der Waals surface area contributed by atoms with E-state index in [1.807, 2.05) is 23.5 Å². The SMILES string of the molecule is COc1cc(-c2nc(Nc3ccc4[nH]ncc4c3)n(C)n2)ccc1OCC(=O)NC(C)C(F)(F)F. The van der Waals surface area contributed by atoms with E-state index < -0.39 is 24.7 Å². The second-order valence-electron chi connectivity index (χ2n) is 7.66. The molecule has 0 aliphatic heterocycles. The van der Waals surface area contributed by atoms with E-state index >= 15 is 0 Å². The average Bonchev–Trinajstić information content (AvgIpc) is 3.43. The number of halogens is 3. The fourth-order valence-electron chi connectivity index (χ4n) is 3.20. The molecule has 4 aromatic rings. The van der Waals surface area contributed by atoms with Crippen LogP contribution < -0.4 is 20.1 Å². The van der Waals surface area contributed by atoms with Crippen LogP contribution in [0.1, 0.15) is 6.92 Å². The summed E-state index contributed by atoms with van der Waals surface area (Å²) in [6, 6.07) is 8.53. The van der Waals surface area contributed by atoms with Crippen LogP contribution in [0.4, 0.5) is 24.8 Å². The van der Waals surface area contributed by atoms with Gasteiger partial charge in [-0.15, -0.1) is 5.10 Å². The Morgan fingerprint density at radius 1 is 1.20 bits per heavy atom. The number of carbonyl (C=O) groups is 1. The molecule has 0 fully saturated rings. The van der Waals surface area contributed by atoms with Crippen molar-refractivity contribution in [1.82, 2.24) is 30.3 Å². The number of aromatic amines is 1. The lowest BCUT2D eigenvalue weighted by atomic mass is 10.2. The molecule has 0 saturated carbocycles. The third-order valence-electron chi connectivity index (χ3n) is 5.11.